The number of carbonyl (C=O) groups excluding carboxylic acids is 2. The Kier molecular flexibility index (Phi) is 7.41. The third kappa shape index (κ3) is 5.94. The number of carboxylic acids is 1. The molecule has 0 spiro atoms. The van der Waals surface area contributed by atoms with Crippen LogP contribution in [0.2, 0.25) is 0 Å². The number of carbonyl (C=O) groups is 3. The normalized spacial score (nSPS) is 14.5. The highest BCUT2D eigenvalue weighted by molar-refractivity contribution is 8.18. The summed E-state index contributed by atoms with van der Waals surface area (Å²) in [6.07, 6.45) is 3.17. The molecule has 8 nitrogen and oxygen atoms in total. The van der Waals surface area contributed by atoms with Gasteiger partial charge in [0.05, 0.1) is 24.7 Å². The van der Waals surface area contributed by atoms with Gasteiger partial charge in [-0.25, -0.2) is 4.79 Å². The molecule has 182 valence electrons. The number of benzene rings is 3. The molecule has 0 saturated carbocycles. The summed E-state index contributed by atoms with van der Waals surface area (Å²) in [6.45, 7) is 0. The standard InChI is InChI=1S/C27H21NO7S/c1-33-21-11-17(12-22(15-21)34-2)13-23(26(30)31)18-5-9-20(10-6-18)35-19-7-3-16(4-8-19)14-24-25(29)28-27(32)36-24/h3-15H,1-2H3,(H,30,31)(H,28,29,32)/b23-13+,24-14+. The first-order chi connectivity index (χ1) is 17.3. The van der Waals surface area contributed by atoms with E-state index in [-0.39, 0.29) is 5.57 Å². The first kappa shape index (κ1) is 24.6. The minimum absolute atomic E-state index is 0.0987. The second kappa shape index (κ2) is 10.8. The van der Waals surface area contributed by atoms with Gasteiger partial charge in [0.2, 0.25) is 0 Å². The van der Waals surface area contributed by atoms with E-state index >= 15 is 0 Å². The van der Waals surface area contributed by atoms with Gasteiger partial charge in [0.1, 0.15) is 23.0 Å². The minimum Gasteiger partial charge on any atom is -0.497 e. The van der Waals surface area contributed by atoms with E-state index in [1.807, 2.05) is 0 Å². The molecule has 1 fully saturated rings. The first-order valence-corrected chi connectivity index (χ1v) is 11.5. The molecule has 0 unspecified atom stereocenters. The Morgan fingerprint density at radius 3 is 1.92 bits per heavy atom. The Morgan fingerprint density at radius 2 is 1.42 bits per heavy atom. The van der Waals surface area contributed by atoms with Gasteiger partial charge in [-0.05, 0) is 77.0 Å². The Bertz CT molecular complexity index is 1350. The summed E-state index contributed by atoms with van der Waals surface area (Å²) in [7, 11) is 3.05. The predicted octanol–water partition coefficient (Wildman–Crippen LogP) is 5.45. The van der Waals surface area contributed by atoms with E-state index in [1.54, 1.807) is 78.9 Å². The van der Waals surface area contributed by atoms with Crippen LogP contribution in [0.15, 0.2) is 71.6 Å². The van der Waals surface area contributed by atoms with Crippen molar-refractivity contribution in [2.75, 3.05) is 14.2 Å². The molecule has 1 heterocycles. The fourth-order valence-electron chi connectivity index (χ4n) is 3.39. The van der Waals surface area contributed by atoms with Crippen LogP contribution in [0.4, 0.5) is 4.79 Å². The van der Waals surface area contributed by atoms with E-state index in [9.17, 15) is 19.5 Å². The molecule has 4 rings (SSSR count). The third-order valence-corrected chi connectivity index (χ3v) is 5.95. The summed E-state index contributed by atoms with van der Waals surface area (Å²) in [6, 6.07) is 18.8. The summed E-state index contributed by atoms with van der Waals surface area (Å²) in [5.74, 6) is 0.692. The maximum atomic E-state index is 12.0. The molecule has 3 aromatic carbocycles. The lowest BCUT2D eigenvalue weighted by atomic mass is 10.0. The van der Waals surface area contributed by atoms with Crippen molar-refractivity contribution in [3.05, 3.63) is 88.3 Å². The van der Waals surface area contributed by atoms with E-state index in [0.717, 1.165) is 17.3 Å². The van der Waals surface area contributed by atoms with Gasteiger partial charge < -0.3 is 19.3 Å². The number of amides is 2. The lowest BCUT2D eigenvalue weighted by molar-refractivity contribution is -0.130. The van der Waals surface area contributed by atoms with Crippen LogP contribution >= 0.6 is 11.8 Å². The molecule has 1 saturated heterocycles. The summed E-state index contributed by atoms with van der Waals surface area (Å²) >= 11 is 0.856. The molecule has 2 amide bonds. The second-order valence-corrected chi connectivity index (χ2v) is 8.57. The van der Waals surface area contributed by atoms with Crippen LogP contribution in [0.25, 0.3) is 17.7 Å². The monoisotopic (exact) mass is 503 g/mol. The smallest absolute Gasteiger partial charge is 0.336 e. The molecule has 1 aliphatic heterocycles. The van der Waals surface area contributed by atoms with Gasteiger partial charge in [-0.3, -0.25) is 14.9 Å². The van der Waals surface area contributed by atoms with Crippen molar-refractivity contribution in [1.29, 1.82) is 0 Å². The Morgan fingerprint density at radius 1 is 0.833 bits per heavy atom. The SMILES string of the molecule is COc1cc(/C=C(/C(=O)O)c2ccc(Oc3ccc(/C=C4/SC(=O)NC4=O)cc3)cc2)cc(OC)c1. The molecule has 36 heavy (non-hydrogen) atoms. The van der Waals surface area contributed by atoms with Crippen molar-refractivity contribution < 1.29 is 33.7 Å². The molecular weight excluding hydrogens is 482 g/mol. The number of methoxy groups -OCH3 is 2. The minimum atomic E-state index is -1.08. The van der Waals surface area contributed by atoms with Crippen LogP contribution in [0.5, 0.6) is 23.0 Å². The molecule has 3 aromatic rings. The highest BCUT2D eigenvalue weighted by Gasteiger charge is 2.24. The molecule has 1 aliphatic rings. The topological polar surface area (TPSA) is 111 Å². The number of rotatable bonds is 8. The Labute approximate surface area is 211 Å². The number of ether oxygens (including phenoxy) is 3. The van der Waals surface area contributed by atoms with Crippen molar-refractivity contribution in [1.82, 2.24) is 5.32 Å². The number of carboxylic acid groups (broad SMARTS) is 1. The van der Waals surface area contributed by atoms with E-state index < -0.39 is 17.1 Å². The van der Waals surface area contributed by atoms with E-state index in [0.29, 0.717) is 39.0 Å². The zero-order chi connectivity index (χ0) is 25.7. The highest BCUT2D eigenvalue weighted by Crippen LogP contribution is 2.29. The zero-order valence-corrected chi connectivity index (χ0v) is 20.1. The fourth-order valence-corrected chi connectivity index (χ4v) is 4.07. The van der Waals surface area contributed by atoms with Gasteiger partial charge >= 0.3 is 5.97 Å². The number of aliphatic carboxylic acids is 1. The van der Waals surface area contributed by atoms with Crippen LogP contribution in [-0.4, -0.2) is 36.4 Å². The molecule has 0 radical (unpaired) electrons. The average molecular weight is 504 g/mol. The van der Waals surface area contributed by atoms with E-state index in [2.05, 4.69) is 5.32 Å². The van der Waals surface area contributed by atoms with Crippen LogP contribution in [0.3, 0.4) is 0 Å². The quantitative estimate of drug-likeness (QED) is 0.309. The average Bonchev–Trinajstić information content (AvgIpc) is 3.20. The van der Waals surface area contributed by atoms with Gasteiger partial charge in [0.25, 0.3) is 11.1 Å². The molecule has 0 aliphatic carbocycles. The van der Waals surface area contributed by atoms with E-state index in [4.69, 9.17) is 14.2 Å². The maximum absolute atomic E-state index is 12.0. The summed E-state index contributed by atoms with van der Waals surface area (Å²) in [4.78, 5) is 35.3. The summed E-state index contributed by atoms with van der Waals surface area (Å²) < 4.78 is 16.4. The molecule has 9 heteroatoms. The van der Waals surface area contributed by atoms with Crippen molar-refractivity contribution in [3.63, 3.8) is 0 Å². The molecule has 0 atom stereocenters. The maximum Gasteiger partial charge on any atom is 0.336 e. The van der Waals surface area contributed by atoms with Gasteiger partial charge in [-0.15, -0.1) is 0 Å². The lowest BCUT2D eigenvalue weighted by Gasteiger charge is -2.09. The summed E-state index contributed by atoms with van der Waals surface area (Å²) in [5.41, 5.74) is 1.97. The fraction of sp³-hybridized carbons (Fsp3) is 0.0741. The predicted molar refractivity (Wildman–Crippen MR) is 137 cm³/mol. The van der Waals surface area contributed by atoms with Gasteiger partial charge in [-0.1, -0.05) is 24.3 Å². The number of hydrogen-bond acceptors (Lipinski definition) is 7. The molecular formula is C27H21NO7S. The molecule has 2 N–H and O–H groups in total. The Hall–Kier alpha value is -4.50. The lowest BCUT2D eigenvalue weighted by Crippen LogP contribution is -2.17. The highest BCUT2D eigenvalue weighted by atomic mass is 32.2. The van der Waals surface area contributed by atoms with Gasteiger partial charge in [0, 0.05) is 6.07 Å². The zero-order valence-electron chi connectivity index (χ0n) is 19.3. The van der Waals surface area contributed by atoms with E-state index in [1.165, 1.54) is 14.2 Å². The Balaban J connectivity index is 1.50. The van der Waals surface area contributed by atoms with Crippen molar-refractivity contribution >= 4 is 46.6 Å². The first-order valence-electron chi connectivity index (χ1n) is 10.7. The third-order valence-electron chi connectivity index (χ3n) is 5.14. The van der Waals surface area contributed by atoms with Crippen LogP contribution in [-0.2, 0) is 9.59 Å². The molecule has 0 aromatic heterocycles. The largest absolute Gasteiger partial charge is 0.497 e. The number of nitrogens with one attached hydrogen (secondary N) is 1. The number of imide groups is 1. The van der Waals surface area contributed by atoms with Crippen LogP contribution < -0.4 is 19.5 Å². The van der Waals surface area contributed by atoms with Gasteiger partial charge in [0.15, 0.2) is 0 Å². The second-order valence-electron chi connectivity index (χ2n) is 7.56. The van der Waals surface area contributed by atoms with Crippen molar-refractivity contribution in [2.45, 2.75) is 0 Å². The van der Waals surface area contributed by atoms with Gasteiger partial charge in [-0.2, -0.15) is 0 Å². The number of thioether (sulfide) groups is 1. The van der Waals surface area contributed by atoms with Crippen molar-refractivity contribution in [3.8, 4) is 23.0 Å². The number of hydrogen-bond donors (Lipinski definition) is 2. The van der Waals surface area contributed by atoms with Crippen molar-refractivity contribution in [2.24, 2.45) is 0 Å². The van der Waals surface area contributed by atoms with Crippen LogP contribution in [0, 0.1) is 0 Å². The molecule has 0 bridgehead atoms. The van der Waals surface area contributed by atoms with Crippen LogP contribution in [0.1, 0.15) is 16.7 Å². The summed E-state index contributed by atoms with van der Waals surface area (Å²) in [5, 5.41) is 11.6.